The molecule has 0 spiro atoms. The predicted octanol–water partition coefficient (Wildman–Crippen LogP) is 5.12. The van der Waals surface area contributed by atoms with Gasteiger partial charge >= 0.3 is 0 Å². The van der Waals surface area contributed by atoms with Crippen LogP contribution in [-0.4, -0.2) is 68.5 Å². The van der Waals surface area contributed by atoms with Crippen LogP contribution in [0.5, 0.6) is 0 Å². The zero-order chi connectivity index (χ0) is 29.0. The largest absolute Gasteiger partial charge is 0.389 e. The summed E-state index contributed by atoms with van der Waals surface area (Å²) in [7, 11) is 0. The van der Waals surface area contributed by atoms with Gasteiger partial charge in [0.1, 0.15) is 17.3 Å². The normalized spacial score (nSPS) is 20.6. The van der Waals surface area contributed by atoms with Gasteiger partial charge in [0.15, 0.2) is 5.01 Å². The molecule has 2 aliphatic carbocycles. The molecule has 12 heteroatoms. The fourth-order valence-electron chi connectivity index (χ4n) is 5.18. The molecule has 3 heterocycles. The number of hydrogen-bond acceptors (Lipinski definition) is 7. The van der Waals surface area contributed by atoms with E-state index < -0.39 is 48.2 Å². The Bertz CT molecular complexity index is 1320. The second-order valence-corrected chi connectivity index (χ2v) is 12.9. The Morgan fingerprint density at radius 1 is 1.27 bits per heavy atom. The highest BCUT2D eigenvalue weighted by Crippen LogP contribution is 2.46. The summed E-state index contributed by atoms with van der Waals surface area (Å²) in [5.41, 5.74) is -1.17. The molecule has 0 unspecified atom stereocenters. The standard InChI is InChI=1S/C28H34F3N5O3S/c1-14-10-28(30,31)13-36(14)26(38)22-23(40-25(35-22)24(37)33-12-27(3,4)39)19-11-32-20(9-18(19)15(2)29)34-21(16-5-6-16)17-7-8-17/h9,11,14,16-17,21,39H,2,5-8,10,12-13H2,1,3-4H3,(H,32,34)(H,33,37)/t14-/m0/s1. The number of pyridine rings is 1. The first-order valence-corrected chi connectivity index (χ1v) is 14.4. The molecule has 1 aliphatic heterocycles. The molecule has 8 nitrogen and oxygen atoms in total. The van der Waals surface area contributed by atoms with Gasteiger partial charge in [0.05, 0.1) is 17.0 Å². The maximum Gasteiger partial charge on any atom is 0.280 e. The lowest BCUT2D eigenvalue weighted by atomic mass is 10.0. The minimum absolute atomic E-state index is 0.0730. The first-order chi connectivity index (χ1) is 18.7. The molecule has 2 saturated carbocycles. The maximum atomic E-state index is 14.9. The quantitative estimate of drug-likeness (QED) is 0.362. The van der Waals surface area contributed by atoms with Crippen LogP contribution in [0.4, 0.5) is 19.0 Å². The lowest BCUT2D eigenvalue weighted by Crippen LogP contribution is -2.38. The second-order valence-electron chi connectivity index (χ2n) is 11.9. The van der Waals surface area contributed by atoms with Crippen molar-refractivity contribution in [2.45, 2.75) is 76.5 Å². The van der Waals surface area contributed by atoms with E-state index in [1.165, 1.54) is 33.0 Å². The van der Waals surface area contributed by atoms with Crippen LogP contribution in [0.1, 0.15) is 78.7 Å². The van der Waals surface area contributed by atoms with Crippen molar-refractivity contribution >= 4 is 34.8 Å². The van der Waals surface area contributed by atoms with Crippen LogP contribution in [0.3, 0.4) is 0 Å². The van der Waals surface area contributed by atoms with E-state index in [1.807, 2.05) is 0 Å². The number of nitrogens with zero attached hydrogens (tertiary/aromatic N) is 3. The van der Waals surface area contributed by atoms with Gasteiger partial charge in [-0.2, -0.15) is 0 Å². The topological polar surface area (TPSA) is 107 Å². The van der Waals surface area contributed by atoms with Crippen molar-refractivity contribution in [3.63, 3.8) is 0 Å². The molecule has 3 aliphatic rings. The predicted molar refractivity (Wildman–Crippen MR) is 147 cm³/mol. The number of aromatic nitrogens is 2. The zero-order valence-electron chi connectivity index (χ0n) is 22.8. The molecule has 40 heavy (non-hydrogen) atoms. The van der Waals surface area contributed by atoms with E-state index in [1.54, 1.807) is 0 Å². The van der Waals surface area contributed by atoms with Crippen LogP contribution in [-0.2, 0) is 0 Å². The molecule has 2 amide bonds. The summed E-state index contributed by atoms with van der Waals surface area (Å²) in [6.45, 7) is 7.16. The van der Waals surface area contributed by atoms with Gasteiger partial charge in [-0.25, -0.2) is 23.1 Å². The number of rotatable bonds is 10. The van der Waals surface area contributed by atoms with Crippen molar-refractivity contribution in [1.82, 2.24) is 20.2 Å². The molecule has 5 rings (SSSR count). The lowest BCUT2D eigenvalue weighted by Gasteiger charge is -2.21. The van der Waals surface area contributed by atoms with E-state index in [9.17, 15) is 27.9 Å². The average Bonchev–Trinajstić information content (AvgIpc) is 3.80. The average molecular weight is 578 g/mol. The summed E-state index contributed by atoms with van der Waals surface area (Å²) in [5.74, 6) is -3.63. The highest BCUT2D eigenvalue weighted by molar-refractivity contribution is 7.17. The summed E-state index contributed by atoms with van der Waals surface area (Å²) in [4.78, 5) is 36.4. The SMILES string of the molecule is C=C(F)c1cc(NC(C2CC2)C2CC2)ncc1-c1sc(C(=O)NCC(C)(C)O)nc1C(=O)N1CC(F)(F)C[C@@H]1C. The third-order valence-electron chi connectivity index (χ3n) is 7.51. The first-order valence-electron chi connectivity index (χ1n) is 13.5. The number of nitrogens with one attached hydrogen (secondary N) is 2. The van der Waals surface area contributed by atoms with Gasteiger partial charge in [0.25, 0.3) is 17.7 Å². The molecule has 3 fully saturated rings. The van der Waals surface area contributed by atoms with E-state index in [0.717, 1.165) is 41.9 Å². The summed E-state index contributed by atoms with van der Waals surface area (Å²) < 4.78 is 43.2. The van der Waals surface area contributed by atoms with Gasteiger partial charge in [0.2, 0.25) is 0 Å². The Morgan fingerprint density at radius 3 is 2.45 bits per heavy atom. The Balaban J connectivity index is 1.52. The van der Waals surface area contributed by atoms with Crippen LogP contribution >= 0.6 is 11.3 Å². The maximum absolute atomic E-state index is 14.9. The van der Waals surface area contributed by atoms with Crippen LogP contribution in [0.2, 0.25) is 0 Å². The van der Waals surface area contributed by atoms with Crippen molar-refractivity contribution in [3.8, 4) is 10.4 Å². The molecule has 1 atom stereocenters. The highest BCUT2D eigenvalue weighted by atomic mass is 32.1. The van der Waals surface area contributed by atoms with E-state index in [0.29, 0.717) is 17.7 Å². The number of anilines is 1. The van der Waals surface area contributed by atoms with Crippen LogP contribution < -0.4 is 10.6 Å². The third-order valence-corrected chi connectivity index (χ3v) is 8.60. The summed E-state index contributed by atoms with van der Waals surface area (Å²) >= 11 is 0.833. The first kappa shape index (κ1) is 28.5. The Morgan fingerprint density at radius 2 is 1.93 bits per heavy atom. The van der Waals surface area contributed by atoms with Crippen molar-refractivity contribution in [3.05, 3.63) is 35.1 Å². The van der Waals surface area contributed by atoms with E-state index in [-0.39, 0.29) is 39.3 Å². The number of aliphatic hydroxyl groups is 1. The van der Waals surface area contributed by atoms with Gasteiger partial charge in [-0.1, -0.05) is 6.58 Å². The molecule has 0 bridgehead atoms. The molecule has 0 radical (unpaired) electrons. The highest BCUT2D eigenvalue weighted by Gasteiger charge is 2.46. The molecular formula is C28H34F3N5O3S. The van der Waals surface area contributed by atoms with Gasteiger partial charge in [0, 0.05) is 42.4 Å². The van der Waals surface area contributed by atoms with Gasteiger partial charge in [-0.3, -0.25) is 9.59 Å². The lowest BCUT2D eigenvalue weighted by molar-refractivity contribution is 0.0118. The number of hydrogen-bond donors (Lipinski definition) is 3. The minimum Gasteiger partial charge on any atom is -0.389 e. The van der Waals surface area contributed by atoms with Crippen molar-refractivity contribution in [1.29, 1.82) is 0 Å². The fourth-order valence-corrected chi connectivity index (χ4v) is 6.18. The molecule has 2 aromatic heterocycles. The summed E-state index contributed by atoms with van der Waals surface area (Å²) in [6, 6.07) is 1.04. The molecule has 1 saturated heterocycles. The van der Waals surface area contributed by atoms with Crippen LogP contribution in [0.25, 0.3) is 16.3 Å². The number of carbonyl (C=O) groups excluding carboxylic acids is 2. The Labute approximate surface area is 235 Å². The Kier molecular flexibility index (Phi) is 7.45. The molecule has 2 aromatic rings. The number of amides is 2. The third kappa shape index (κ3) is 6.33. The second kappa shape index (κ2) is 10.4. The van der Waals surface area contributed by atoms with Crippen LogP contribution in [0, 0.1) is 11.8 Å². The number of likely N-dealkylation sites (tertiary alicyclic amines) is 1. The fraction of sp³-hybridized carbons (Fsp3) is 0.571. The van der Waals surface area contributed by atoms with Gasteiger partial charge in [-0.15, -0.1) is 11.3 Å². The van der Waals surface area contributed by atoms with Crippen LogP contribution in [0.15, 0.2) is 18.8 Å². The Hall–Kier alpha value is -2.99. The van der Waals surface area contributed by atoms with Gasteiger partial charge in [-0.05, 0) is 64.4 Å². The molecule has 216 valence electrons. The van der Waals surface area contributed by atoms with Crippen molar-refractivity contribution in [2.75, 3.05) is 18.4 Å². The minimum atomic E-state index is -3.05. The monoisotopic (exact) mass is 577 g/mol. The number of alkyl halides is 2. The molecule has 3 N–H and O–H groups in total. The number of thiazole rings is 1. The molecule has 0 aromatic carbocycles. The smallest absolute Gasteiger partial charge is 0.280 e. The van der Waals surface area contributed by atoms with Gasteiger partial charge < -0.3 is 20.6 Å². The van der Waals surface area contributed by atoms with E-state index >= 15 is 0 Å². The number of carbonyl (C=O) groups is 2. The molecular weight excluding hydrogens is 543 g/mol. The van der Waals surface area contributed by atoms with E-state index in [4.69, 9.17) is 0 Å². The van der Waals surface area contributed by atoms with Crippen molar-refractivity contribution in [2.24, 2.45) is 11.8 Å². The number of halogens is 3. The van der Waals surface area contributed by atoms with Crippen molar-refractivity contribution < 1.29 is 27.9 Å². The summed E-state index contributed by atoms with van der Waals surface area (Å²) in [5, 5.41) is 15.9. The zero-order valence-corrected chi connectivity index (χ0v) is 23.6. The summed E-state index contributed by atoms with van der Waals surface area (Å²) in [6.07, 6.45) is 5.50. The van der Waals surface area contributed by atoms with E-state index in [2.05, 4.69) is 27.2 Å².